The van der Waals surface area contributed by atoms with Gasteiger partial charge in [0.05, 0.1) is 28.9 Å². The van der Waals surface area contributed by atoms with Gasteiger partial charge in [-0.2, -0.15) is 0 Å². The molecule has 1 N–H and O–H groups in total. The number of nitrogens with zero attached hydrogens (tertiary/aromatic N) is 1. The largest absolute Gasteiger partial charge is 0.465 e. The molecule has 0 radical (unpaired) electrons. The van der Waals surface area contributed by atoms with Crippen LogP contribution in [-0.4, -0.2) is 40.8 Å². The van der Waals surface area contributed by atoms with Crippen LogP contribution in [0.2, 0.25) is 5.02 Å². The molecule has 10 heteroatoms. The van der Waals surface area contributed by atoms with E-state index in [9.17, 15) is 24.5 Å². The van der Waals surface area contributed by atoms with Crippen molar-refractivity contribution >= 4 is 35.0 Å². The number of methoxy groups -OCH3 is 1. The Kier molecular flexibility index (Phi) is 6.19. The third-order valence-corrected chi connectivity index (χ3v) is 4.42. The van der Waals surface area contributed by atoms with Gasteiger partial charge in [0.1, 0.15) is 5.02 Å². The number of nitrogens with one attached hydrogen (secondary N) is 1. The third-order valence-electron chi connectivity index (χ3n) is 4.10. The fourth-order valence-electron chi connectivity index (χ4n) is 2.67. The summed E-state index contributed by atoms with van der Waals surface area (Å²) in [5.41, 5.74) is 0.593. The standard InChI is InChI=1S/C18H17ClN2O7/c1-8-14(18(24)27-4)9(2)20-15(8)16(22)10(3)28-17(23)11-5-6-12(19)13(7-11)21(25)26/h5-7,10,20H,1-4H3. The maximum absolute atomic E-state index is 12.6. The van der Waals surface area contributed by atoms with E-state index in [0.29, 0.717) is 11.3 Å². The Hall–Kier alpha value is -3.20. The van der Waals surface area contributed by atoms with Crippen molar-refractivity contribution in [1.29, 1.82) is 0 Å². The number of hydrogen-bond acceptors (Lipinski definition) is 7. The van der Waals surface area contributed by atoms with Gasteiger partial charge in [0, 0.05) is 11.8 Å². The average Bonchev–Trinajstić information content (AvgIpc) is 2.94. The van der Waals surface area contributed by atoms with Crippen molar-refractivity contribution in [2.75, 3.05) is 7.11 Å². The number of nitro benzene ring substituents is 1. The van der Waals surface area contributed by atoms with Crippen molar-refractivity contribution in [1.82, 2.24) is 4.98 Å². The normalized spacial score (nSPS) is 11.6. The maximum atomic E-state index is 12.6. The average molecular weight is 409 g/mol. The van der Waals surface area contributed by atoms with Crippen LogP contribution < -0.4 is 0 Å². The summed E-state index contributed by atoms with van der Waals surface area (Å²) >= 11 is 5.71. The lowest BCUT2D eigenvalue weighted by atomic mass is 10.1. The fourth-order valence-corrected chi connectivity index (χ4v) is 2.86. The van der Waals surface area contributed by atoms with E-state index in [2.05, 4.69) is 4.98 Å². The van der Waals surface area contributed by atoms with E-state index in [1.807, 2.05) is 0 Å². The van der Waals surface area contributed by atoms with Crippen LogP contribution in [-0.2, 0) is 9.47 Å². The highest BCUT2D eigenvalue weighted by atomic mass is 35.5. The Bertz CT molecular complexity index is 981. The second-order valence-corrected chi connectivity index (χ2v) is 6.36. The van der Waals surface area contributed by atoms with Crippen LogP contribution in [0.25, 0.3) is 0 Å². The summed E-state index contributed by atoms with van der Waals surface area (Å²) in [6, 6.07) is 3.43. The molecule has 1 atom stereocenters. The third kappa shape index (κ3) is 4.04. The smallest absolute Gasteiger partial charge is 0.339 e. The molecule has 0 saturated heterocycles. The van der Waals surface area contributed by atoms with E-state index >= 15 is 0 Å². The van der Waals surface area contributed by atoms with Gasteiger partial charge in [-0.1, -0.05) is 11.6 Å². The van der Waals surface area contributed by atoms with Crippen molar-refractivity contribution in [2.24, 2.45) is 0 Å². The molecule has 0 amide bonds. The first-order chi connectivity index (χ1) is 13.1. The Labute approximate surface area is 164 Å². The van der Waals surface area contributed by atoms with Crippen molar-refractivity contribution < 1.29 is 28.8 Å². The first-order valence-electron chi connectivity index (χ1n) is 8.05. The number of benzene rings is 1. The Morgan fingerprint density at radius 2 is 1.86 bits per heavy atom. The first-order valence-corrected chi connectivity index (χ1v) is 8.42. The van der Waals surface area contributed by atoms with Crippen molar-refractivity contribution in [2.45, 2.75) is 26.9 Å². The minimum absolute atomic E-state index is 0.111. The van der Waals surface area contributed by atoms with Gasteiger partial charge in [-0.15, -0.1) is 0 Å². The molecule has 0 aliphatic heterocycles. The second kappa shape index (κ2) is 8.22. The minimum Gasteiger partial charge on any atom is -0.465 e. The quantitative estimate of drug-likeness (QED) is 0.335. The number of carbonyl (C=O) groups excluding carboxylic acids is 3. The number of ketones is 1. The second-order valence-electron chi connectivity index (χ2n) is 5.95. The molecule has 2 rings (SSSR count). The van der Waals surface area contributed by atoms with Crippen molar-refractivity contribution in [3.63, 3.8) is 0 Å². The molecule has 0 aliphatic carbocycles. The Balaban J connectivity index is 2.24. The van der Waals surface area contributed by atoms with Crippen LogP contribution in [0.5, 0.6) is 0 Å². The highest BCUT2D eigenvalue weighted by molar-refractivity contribution is 6.32. The summed E-state index contributed by atoms with van der Waals surface area (Å²) in [5, 5.41) is 10.8. The van der Waals surface area contributed by atoms with Crippen LogP contribution >= 0.6 is 11.6 Å². The zero-order chi connectivity index (χ0) is 21.2. The molecule has 1 unspecified atom stereocenters. The van der Waals surface area contributed by atoms with Gasteiger partial charge in [-0.05, 0) is 38.5 Å². The predicted octanol–water partition coefficient (Wildman–Crippen LogP) is 3.41. The molecule has 1 aromatic carbocycles. The van der Waals surface area contributed by atoms with Crippen molar-refractivity contribution in [3.05, 3.63) is 61.4 Å². The van der Waals surface area contributed by atoms with Gasteiger partial charge >= 0.3 is 11.9 Å². The van der Waals surface area contributed by atoms with E-state index in [1.54, 1.807) is 13.8 Å². The molecule has 28 heavy (non-hydrogen) atoms. The number of hydrogen-bond donors (Lipinski definition) is 1. The van der Waals surface area contributed by atoms with Crippen LogP contribution in [0.3, 0.4) is 0 Å². The summed E-state index contributed by atoms with van der Waals surface area (Å²) in [5.74, 6) is -2.08. The molecule has 2 aromatic rings. The number of halogens is 1. The molecule has 9 nitrogen and oxygen atoms in total. The van der Waals surface area contributed by atoms with Gasteiger partial charge in [-0.25, -0.2) is 9.59 Å². The molecule has 0 saturated carbocycles. The summed E-state index contributed by atoms with van der Waals surface area (Å²) in [7, 11) is 1.23. The van der Waals surface area contributed by atoms with Gasteiger partial charge in [-0.3, -0.25) is 14.9 Å². The van der Waals surface area contributed by atoms with E-state index in [1.165, 1.54) is 26.2 Å². The molecular formula is C18H17ClN2O7. The molecule has 148 valence electrons. The van der Waals surface area contributed by atoms with E-state index in [4.69, 9.17) is 21.1 Å². The number of Topliss-reactive ketones (excluding diaryl/α,β-unsaturated/α-hetero) is 1. The van der Waals surface area contributed by atoms with E-state index < -0.39 is 34.4 Å². The van der Waals surface area contributed by atoms with Crippen LogP contribution in [0.15, 0.2) is 18.2 Å². The summed E-state index contributed by atoms with van der Waals surface area (Å²) in [4.78, 5) is 49.8. The van der Waals surface area contributed by atoms with Gasteiger partial charge in [0.2, 0.25) is 5.78 Å². The van der Waals surface area contributed by atoms with Gasteiger partial charge in [0.15, 0.2) is 6.10 Å². The molecule has 0 bridgehead atoms. The summed E-state index contributed by atoms with van der Waals surface area (Å²) < 4.78 is 9.82. The fraction of sp³-hybridized carbons (Fsp3) is 0.278. The number of H-pyrrole nitrogens is 1. The van der Waals surface area contributed by atoms with Crippen LogP contribution in [0.4, 0.5) is 5.69 Å². The highest BCUT2D eigenvalue weighted by Gasteiger charge is 2.28. The van der Waals surface area contributed by atoms with E-state index in [0.717, 1.165) is 6.07 Å². The lowest BCUT2D eigenvalue weighted by molar-refractivity contribution is -0.384. The molecule has 1 aromatic heterocycles. The SMILES string of the molecule is COC(=O)c1c(C)[nH]c(C(=O)C(C)OC(=O)c2ccc(Cl)c([N+](=O)[O-])c2)c1C. The first kappa shape index (κ1) is 21.1. The van der Waals surface area contributed by atoms with Gasteiger partial charge in [0.25, 0.3) is 5.69 Å². The number of esters is 2. The number of aryl methyl sites for hydroxylation is 1. The number of rotatable bonds is 6. The molecule has 0 spiro atoms. The Morgan fingerprint density at radius 3 is 2.43 bits per heavy atom. The predicted molar refractivity (Wildman–Crippen MR) is 98.9 cm³/mol. The minimum atomic E-state index is -1.20. The maximum Gasteiger partial charge on any atom is 0.339 e. The Morgan fingerprint density at radius 1 is 1.21 bits per heavy atom. The number of nitro groups is 1. The number of carbonyl (C=O) groups is 3. The lowest BCUT2D eigenvalue weighted by Gasteiger charge is -2.12. The monoisotopic (exact) mass is 408 g/mol. The molecule has 1 heterocycles. The van der Waals surface area contributed by atoms with Crippen LogP contribution in [0.1, 0.15) is 49.4 Å². The molecule has 0 aliphatic rings. The van der Waals surface area contributed by atoms with Gasteiger partial charge < -0.3 is 14.5 Å². The number of aromatic amines is 1. The number of ether oxygens (including phenoxy) is 2. The molecular weight excluding hydrogens is 392 g/mol. The summed E-state index contributed by atoms with van der Waals surface area (Å²) in [6.45, 7) is 4.54. The van der Waals surface area contributed by atoms with Crippen molar-refractivity contribution in [3.8, 4) is 0 Å². The van der Waals surface area contributed by atoms with E-state index in [-0.39, 0.29) is 21.8 Å². The zero-order valence-electron chi connectivity index (χ0n) is 15.5. The summed E-state index contributed by atoms with van der Waals surface area (Å²) in [6.07, 6.45) is -1.20. The highest BCUT2D eigenvalue weighted by Crippen LogP contribution is 2.26. The molecule has 0 fully saturated rings. The topological polar surface area (TPSA) is 129 Å². The zero-order valence-corrected chi connectivity index (χ0v) is 16.2. The lowest BCUT2D eigenvalue weighted by Crippen LogP contribution is -2.25. The number of aromatic nitrogens is 1. The van der Waals surface area contributed by atoms with Crippen LogP contribution in [0, 0.1) is 24.0 Å².